The Balaban J connectivity index is 3.79. The number of rotatable bonds is 29. The molecule has 0 heterocycles. The summed E-state index contributed by atoms with van der Waals surface area (Å²) in [6, 6.07) is -0.789. The Kier molecular flexibility index (Phi) is 28.4. The normalized spacial score (nSPS) is 14.1. The topological polar surface area (TPSA) is 89.8 Å². The molecule has 3 unspecified atom stereocenters. The van der Waals surface area contributed by atoms with Gasteiger partial charge in [-0.15, -0.1) is 0 Å². The second-order valence-electron chi connectivity index (χ2n) is 11.4. The third kappa shape index (κ3) is 24.2. The number of unbranched alkanes of at least 4 members (excludes halogenated alkanes) is 21. The van der Waals surface area contributed by atoms with Crippen LogP contribution in [0.4, 0.5) is 0 Å². The summed E-state index contributed by atoms with van der Waals surface area (Å²) in [7, 11) is 0. The van der Waals surface area contributed by atoms with Crippen LogP contribution in [0.5, 0.6) is 0 Å². The van der Waals surface area contributed by atoms with E-state index in [4.69, 9.17) is 0 Å². The van der Waals surface area contributed by atoms with Gasteiger partial charge < -0.3 is 20.6 Å². The van der Waals surface area contributed by atoms with E-state index in [-0.39, 0.29) is 6.61 Å². The first-order valence-corrected chi connectivity index (χ1v) is 16.5. The highest BCUT2D eigenvalue weighted by atomic mass is 16.3. The molecule has 0 saturated heterocycles. The molecule has 5 heteroatoms. The van der Waals surface area contributed by atoms with Gasteiger partial charge in [0, 0.05) is 0 Å². The van der Waals surface area contributed by atoms with Gasteiger partial charge in [0.15, 0.2) is 0 Å². The Hall–Kier alpha value is -0.910. The van der Waals surface area contributed by atoms with Crippen LogP contribution in [-0.4, -0.2) is 46.1 Å². The maximum absolute atomic E-state index is 12.3. The number of carbonyl (C=O) groups excluding carboxylic acids is 1. The molecule has 0 aromatic heterocycles. The molecule has 0 radical (unpaired) electrons. The lowest BCUT2D eigenvalue weighted by molar-refractivity contribution is -0.131. The fraction of sp³-hybridized carbons (Fsp3) is 0.909. The number of nitrogens with one attached hydrogen (secondary N) is 1. The van der Waals surface area contributed by atoms with Gasteiger partial charge in [-0.1, -0.05) is 161 Å². The molecule has 1 amide bonds. The predicted molar refractivity (Wildman–Crippen MR) is 162 cm³/mol. The number of allylic oxidation sites excluding steroid dienone is 1. The highest BCUT2D eigenvalue weighted by Gasteiger charge is 2.22. The third-order valence-corrected chi connectivity index (χ3v) is 7.63. The summed E-state index contributed by atoms with van der Waals surface area (Å²) in [4.78, 5) is 12.3. The molecular weight excluding hydrogens is 474 g/mol. The van der Waals surface area contributed by atoms with Crippen molar-refractivity contribution in [1.82, 2.24) is 5.32 Å². The number of amides is 1. The second kappa shape index (κ2) is 29.1. The minimum absolute atomic E-state index is 0.360. The number of carbonyl (C=O) groups is 1. The Morgan fingerprint density at radius 1 is 0.632 bits per heavy atom. The van der Waals surface area contributed by atoms with Crippen molar-refractivity contribution >= 4 is 5.91 Å². The standard InChI is InChI=1S/C33H65NO4/c1-3-5-7-9-11-13-15-16-18-19-21-23-25-27-31(36)30(29-35)34-33(38)32(37)28-26-24-22-20-17-14-12-10-8-6-4-2/h25,27,30-32,35-37H,3-24,26,28-29H2,1-2H3,(H,34,38). The Morgan fingerprint density at radius 3 is 1.45 bits per heavy atom. The Labute approximate surface area is 236 Å². The highest BCUT2D eigenvalue weighted by Crippen LogP contribution is 2.14. The number of aliphatic hydroxyl groups is 3. The summed E-state index contributed by atoms with van der Waals surface area (Å²) in [6.45, 7) is 4.14. The van der Waals surface area contributed by atoms with Crippen LogP contribution in [0.1, 0.15) is 168 Å². The fourth-order valence-corrected chi connectivity index (χ4v) is 4.95. The van der Waals surface area contributed by atoms with Crippen molar-refractivity contribution in [2.24, 2.45) is 0 Å². The molecule has 0 rings (SSSR count). The number of hydrogen-bond acceptors (Lipinski definition) is 4. The smallest absolute Gasteiger partial charge is 0.249 e. The van der Waals surface area contributed by atoms with Crippen LogP contribution in [0, 0.1) is 0 Å². The molecule has 0 aromatic carbocycles. The summed E-state index contributed by atoms with van der Waals surface area (Å²) in [5, 5.41) is 32.8. The molecule has 0 aliphatic carbocycles. The molecule has 0 aliphatic heterocycles. The van der Waals surface area contributed by atoms with E-state index in [0.717, 1.165) is 32.1 Å². The first kappa shape index (κ1) is 37.1. The first-order valence-electron chi connectivity index (χ1n) is 16.5. The average Bonchev–Trinajstić information content (AvgIpc) is 2.92. The van der Waals surface area contributed by atoms with Gasteiger partial charge in [-0.2, -0.15) is 0 Å². The molecule has 4 N–H and O–H groups in total. The summed E-state index contributed by atoms with van der Waals surface area (Å²) in [5.41, 5.74) is 0. The van der Waals surface area contributed by atoms with Gasteiger partial charge in [-0.25, -0.2) is 0 Å². The second-order valence-corrected chi connectivity index (χ2v) is 11.4. The van der Waals surface area contributed by atoms with Crippen molar-refractivity contribution in [2.75, 3.05) is 6.61 Å². The van der Waals surface area contributed by atoms with Gasteiger partial charge in [-0.3, -0.25) is 4.79 Å². The van der Waals surface area contributed by atoms with E-state index in [1.54, 1.807) is 6.08 Å². The first-order chi connectivity index (χ1) is 18.6. The van der Waals surface area contributed by atoms with E-state index < -0.39 is 24.2 Å². The van der Waals surface area contributed by atoms with E-state index in [0.29, 0.717) is 6.42 Å². The van der Waals surface area contributed by atoms with Crippen LogP contribution in [-0.2, 0) is 4.79 Å². The molecule has 0 saturated carbocycles. The lowest BCUT2D eigenvalue weighted by Gasteiger charge is -2.21. The van der Waals surface area contributed by atoms with Gasteiger partial charge in [0.1, 0.15) is 6.10 Å². The van der Waals surface area contributed by atoms with E-state index >= 15 is 0 Å². The van der Waals surface area contributed by atoms with E-state index in [2.05, 4.69) is 19.2 Å². The lowest BCUT2D eigenvalue weighted by atomic mass is 10.0. The molecule has 3 atom stereocenters. The maximum atomic E-state index is 12.3. The van der Waals surface area contributed by atoms with Gasteiger partial charge in [0.2, 0.25) is 5.91 Å². The average molecular weight is 540 g/mol. The third-order valence-electron chi connectivity index (χ3n) is 7.63. The molecule has 5 nitrogen and oxygen atoms in total. The summed E-state index contributed by atoms with van der Waals surface area (Å²) in [5.74, 6) is -0.506. The zero-order valence-corrected chi connectivity index (χ0v) is 25.3. The quantitative estimate of drug-likeness (QED) is 0.0570. The zero-order valence-electron chi connectivity index (χ0n) is 25.3. The molecule has 0 bridgehead atoms. The molecule has 0 aromatic rings. The molecule has 0 aliphatic rings. The van der Waals surface area contributed by atoms with Crippen molar-refractivity contribution in [2.45, 2.75) is 186 Å². The lowest BCUT2D eigenvalue weighted by Crippen LogP contribution is -2.48. The van der Waals surface area contributed by atoms with Crippen LogP contribution in [0.25, 0.3) is 0 Å². The molecule has 0 spiro atoms. The maximum Gasteiger partial charge on any atom is 0.249 e. The summed E-state index contributed by atoms with van der Waals surface area (Å²) in [6.07, 6.45) is 30.7. The van der Waals surface area contributed by atoms with Crippen molar-refractivity contribution in [1.29, 1.82) is 0 Å². The molecule has 38 heavy (non-hydrogen) atoms. The minimum atomic E-state index is -1.09. The van der Waals surface area contributed by atoms with E-state index in [1.807, 2.05) is 6.08 Å². The van der Waals surface area contributed by atoms with Gasteiger partial charge in [-0.05, 0) is 19.3 Å². The van der Waals surface area contributed by atoms with E-state index in [9.17, 15) is 20.1 Å². The highest BCUT2D eigenvalue weighted by molar-refractivity contribution is 5.80. The number of hydrogen-bond donors (Lipinski definition) is 4. The van der Waals surface area contributed by atoms with Crippen molar-refractivity contribution in [3.63, 3.8) is 0 Å². The van der Waals surface area contributed by atoms with Crippen molar-refractivity contribution < 1.29 is 20.1 Å². The fourth-order valence-electron chi connectivity index (χ4n) is 4.95. The van der Waals surface area contributed by atoms with Crippen molar-refractivity contribution in [3.05, 3.63) is 12.2 Å². The van der Waals surface area contributed by atoms with Crippen LogP contribution < -0.4 is 5.32 Å². The summed E-state index contributed by atoms with van der Waals surface area (Å²) < 4.78 is 0. The van der Waals surface area contributed by atoms with Gasteiger partial charge >= 0.3 is 0 Å². The van der Waals surface area contributed by atoms with Crippen LogP contribution >= 0.6 is 0 Å². The Morgan fingerprint density at radius 2 is 1.03 bits per heavy atom. The zero-order chi connectivity index (χ0) is 28.1. The van der Waals surface area contributed by atoms with E-state index in [1.165, 1.54) is 116 Å². The van der Waals surface area contributed by atoms with Crippen LogP contribution in [0.3, 0.4) is 0 Å². The van der Waals surface area contributed by atoms with Gasteiger partial charge in [0.05, 0.1) is 18.8 Å². The largest absolute Gasteiger partial charge is 0.394 e. The Bertz CT molecular complexity index is 525. The van der Waals surface area contributed by atoms with Gasteiger partial charge in [0.25, 0.3) is 0 Å². The SMILES string of the molecule is CCCCCCCCCCCCCC=CC(O)C(CO)NC(=O)C(O)CCCCCCCCCCCCC. The predicted octanol–water partition coefficient (Wildman–Crippen LogP) is 8.14. The monoisotopic (exact) mass is 539 g/mol. The summed E-state index contributed by atoms with van der Waals surface area (Å²) >= 11 is 0. The van der Waals surface area contributed by atoms with Crippen molar-refractivity contribution in [3.8, 4) is 0 Å². The molecular formula is C33H65NO4. The van der Waals surface area contributed by atoms with Crippen LogP contribution in [0.2, 0.25) is 0 Å². The number of aliphatic hydroxyl groups excluding tert-OH is 3. The van der Waals surface area contributed by atoms with Crippen LogP contribution in [0.15, 0.2) is 12.2 Å². The minimum Gasteiger partial charge on any atom is -0.394 e. The molecule has 226 valence electrons. The molecule has 0 fully saturated rings.